The largest absolute Gasteiger partial charge is 0.483 e. The number of nitrogens with zero attached hydrogens (tertiary/aromatic N) is 2. The topological polar surface area (TPSA) is 90.0 Å². The van der Waals surface area contributed by atoms with Gasteiger partial charge in [0.2, 0.25) is 11.8 Å². The van der Waals surface area contributed by atoms with Gasteiger partial charge in [-0.05, 0) is 56.1 Å². The standard InChI is InChI=1S/C24H29F2N3O2.CH2O2/c1-18(30)29-15-5-14-28(16-17-29)13-3-2-8-23(31)27-20-11-9-19(10-12-20)21-6-4-7-22(25)24(21)26;2-1-3/h4,6-7,9-12H,2-3,5,8,13-17H2,1H3,(H,27,31);1H,(H,2,3). The van der Waals surface area contributed by atoms with Crippen molar-refractivity contribution in [1.82, 2.24) is 9.80 Å². The fourth-order valence-electron chi connectivity index (χ4n) is 3.81. The molecule has 0 aromatic heterocycles. The van der Waals surface area contributed by atoms with Gasteiger partial charge in [0.15, 0.2) is 11.6 Å². The normalized spacial score (nSPS) is 13.9. The molecule has 2 aromatic rings. The highest BCUT2D eigenvalue weighted by Crippen LogP contribution is 2.25. The maximum atomic E-state index is 13.9. The Hall–Kier alpha value is -3.33. The first-order valence-electron chi connectivity index (χ1n) is 11.3. The number of unbranched alkanes of at least 4 members (excludes halogenated alkanes) is 1. The van der Waals surface area contributed by atoms with Gasteiger partial charge in [-0.15, -0.1) is 0 Å². The van der Waals surface area contributed by atoms with Crippen molar-refractivity contribution in [3.8, 4) is 11.1 Å². The summed E-state index contributed by atoms with van der Waals surface area (Å²) in [6, 6.07) is 10.8. The molecule has 7 nitrogen and oxygen atoms in total. The highest BCUT2D eigenvalue weighted by atomic mass is 19.2. The van der Waals surface area contributed by atoms with E-state index in [0.29, 0.717) is 17.7 Å². The van der Waals surface area contributed by atoms with E-state index in [1.165, 1.54) is 12.1 Å². The van der Waals surface area contributed by atoms with Gasteiger partial charge in [0.25, 0.3) is 6.47 Å². The number of benzene rings is 2. The lowest BCUT2D eigenvalue weighted by atomic mass is 10.0. The average Bonchev–Trinajstić information content (AvgIpc) is 3.06. The highest BCUT2D eigenvalue weighted by Gasteiger charge is 2.16. The van der Waals surface area contributed by atoms with Crippen LogP contribution in [0.2, 0.25) is 0 Å². The number of carbonyl (C=O) groups is 3. The van der Waals surface area contributed by atoms with Crippen LogP contribution < -0.4 is 5.32 Å². The Kier molecular flexibility index (Phi) is 11.1. The predicted octanol–water partition coefficient (Wildman–Crippen LogP) is 4.00. The Labute approximate surface area is 198 Å². The van der Waals surface area contributed by atoms with Crippen LogP contribution in [0.1, 0.15) is 32.6 Å². The maximum Gasteiger partial charge on any atom is 0.290 e. The summed E-state index contributed by atoms with van der Waals surface area (Å²) in [5.74, 6) is -1.69. The van der Waals surface area contributed by atoms with E-state index >= 15 is 0 Å². The first-order valence-corrected chi connectivity index (χ1v) is 11.3. The molecule has 0 spiro atoms. The first kappa shape index (κ1) is 26.9. The molecule has 34 heavy (non-hydrogen) atoms. The van der Waals surface area contributed by atoms with Crippen molar-refractivity contribution in [1.29, 1.82) is 0 Å². The number of hydrogen-bond donors (Lipinski definition) is 2. The molecule has 1 saturated heterocycles. The first-order chi connectivity index (χ1) is 16.3. The van der Waals surface area contributed by atoms with E-state index < -0.39 is 11.6 Å². The molecule has 0 radical (unpaired) electrons. The van der Waals surface area contributed by atoms with Crippen LogP contribution in [0.3, 0.4) is 0 Å². The Bertz CT molecular complexity index is 954. The molecule has 1 aliphatic heterocycles. The Morgan fingerprint density at radius 3 is 2.41 bits per heavy atom. The molecular weight excluding hydrogens is 444 g/mol. The second kappa shape index (κ2) is 14.0. The molecule has 1 aliphatic rings. The molecule has 0 saturated carbocycles. The number of halogens is 2. The lowest BCUT2D eigenvalue weighted by Crippen LogP contribution is -2.34. The van der Waals surface area contributed by atoms with Crippen molar-refractivity contribution in [3.63, 3.8) is 0 Å². The fraction of sp³-hybridized carbons (Fsp3) is 0.400. The zero-order valence-corrected chi connectivity index (χ0v) is 19.3. The number of anilines is 1. The summed E-state index contributed by atoms with van der Waals surface area (Å²) in [7, 11) is 0. The molecule has 0 atom stereocenters. The lowest BCUT2D eigenvalue weighted by Gasteiger charge is -2.20. The van der Waals surface area contributed by atoms with Crippen LogP contribution in [0.4, 0.5) is 14.5 Å². The Morgan fingerprint density at radius 1 is 1.03 bits per heavy atom. The summed E-state index contributed by atoms with van der Waals surface area (Å²) in [5.41, 5.74) is 1.37. The summed E-state index contributed by atoms with van der Waals surface area (Å²) in [6.45, 7) is 5.73. The summed E-state index contributed by atoms with van der Waals surface area (Å²) in [5, 5.41) is 9.74. The molecule has 0 unspecified atom stereocenters. The van der Waals surface area contributed by atoms with Crippen molar-refractivity contribution < 1.29 is 28.3 Å². The highest BCUT2D eigenvalue weighted by molar-refractivity contribution is 5.91. The molecule has 184 valence electrons. The molecule has 0 bridgehead atoms. The number of rotatable bonds is 7. The van der Waals surface area contributed by atoms with E-state index in [1.54, 1.807) is 31.2 Å². The third kappa shape index (κ3) is 8.55. The number of amides is 2. The van der Waals surface area contributed by atoms with Crippen LogP contribution in [-0.2, 0) is 14.4 Å². The molecule has 1 heterocycles. The molecular formula is C25H31F2N3O4. The van der Waals surface area contributed by atoms with Gasteiger partial charge < -0.3 is 20.2 Å². The Balaban J connectivity index is 0.00000129. The molecule has 0 aliphatic carbocycles. The van der Waals surface area contributed by atoms with Gasteiger partial charge in [-0.3, -0.25) is 14.4 Å². The fourth-order valence-corrected chi connectivity index (χ4v) is 3.81. The van der Waals surface area contributed by atoms with Gasteiger partial charge in [0, 0.05) is 44.2 Å². The third-order valence-corrected chi connectivity index (χ3v) is 5.59. The molecule has 9 heteroatoms. The minimum atomic E-state index is -0.883. The molecule has 3 rings (SSSR count). The summed E-state index contributed by atoms with van der Waals surface area (Å²) in [6.07, 6.45) is 3.11. The number of carboxylic acid groups (broad SMARTS) is 1. The second-order valence-corrected chi connectivity index (χ2v) is 7.99. The lowest BCUT2D eigenvalue weighted by molar-refractivity contribution is -0.128. The average molecular weight is 476 g/mol. The van der Waals surface area contributed by atoms with Crippen molar-refractivity contribution in [3.05, 3.63) is 54.1 Å². The van der Waals surface area contributed by atoms with Gasteiger partial charge in [0.1, 0.15) is 0 Å². The van der Waals surface area contributed by atoms with E-state index in [-0.39, 0.29) is 23.9 Å². The van der Waals surface area contributed by atoms with Gasteiger partial charge in [-0.25, -0.2) is 8.78 Å². The summed E-state index contributed by atoms with van der Waals surface area (Å²) < 4.78 is 27.3. The maximum absolute atomic E-state index is 13.9. The van der Waals surface area contributed by atoms with Crippen LogP contribution in [0, 0.1) is 11.6 Å². The van der Waals surface area contributed by atoms with Crippen LogP contribution in [-0.4, -0.2) is 65.9 Å². The monoisotopic (exact) mass is 475 g/mol. The van der Waals surface area contributed by atoms with Crippen molar-refractivity contribution in [2.24, 2.45) is 0 Å². The van der Waals surface area contributed by atoms with Crippen LogP contribution in [0.25, 0.3) is 11.1 Å². The second-order valence-electron chi connectivity index (χ2n) is 7.99. The van der Waals surface area contributed by atoms with Gasteiger partial charge in [-0.2, -0.15) is 0 Å². The van der Waals surface area contributed by atoms with E-state index in [9.17, 15) is 18.4 Å². The van der Waals surface area contributed by atoms with Crippen LogP contribution in [0.5, 0.6) is 0 Å². The summed E-state index contributed by atoms with van der Waals surface area (Å²) >= 11 is 0. The molecule has 2 aromatic carbocycles. The summed E-state index contributed by atoms with van der Waals surface area (Å²) in [4.78, 5) is 36.3. The van der Waals surface area contributed by atoms with Crippen LogP contribution in [0.15, 0.2) is 42.5 Å². The van der Waals surface area contributed by atoms with Crippen molar-refractivity contribution in [2.75, 3.05) is 38.0 Å². The van der Waals surface area contributed by atoms with Gasteiger partial charge in [-0.1, -0.05) is 24.3 Å². The van der Waals surface area contributed by atoms with E-state index in [0.717, 1.165) is 58.1 Å². The van der Waals surface area contributed by atoms with Crippen molar-refractivity contribution >= 4 is 24.0 Å². The molecule has 2 N–H and O–H groups in total. The van der Waals surface area contributed by atoms with E-state index in [1.807, 2.05) is 4.90 Å². The predicted molar refractivity (Wildman–Crippen MR) is 126 cm³/mol. The minimum Gasteiger partial charge on any atom is -0.483 e. The van der Waals surface area contributed by atoms with Gasteiger partial charge in [0.05, 0.1) is 0 Å². The minimum absolute atomic E-state index is 0.0664. The zero-order chi connectivity index (χ0) is 24.9. The quantitative estimate of drug-likeness (QED) is 0.467. The third-order valence-electron chi connectivity index (χ3n) is 5.59. The zero-order valence-electron chi connectivity index (χ0n) is 19.3. The van der Waals surface area contributed by atoms with E-state index in [4.69, 9.17) is 9.90 Å². The smallest absolute Gasteiger partial charge is 0.290 e. The Morgan fingerprint density at radius 2 is 1.74 bits per heavy atom. The molecule has 2 amide bonds. The number of hydrogen-bond acceptors (Lipinski definition) is 4. The van der Waals surface area contributed by atoms with Crippen molar-refractivity contribution in [2.45, 2.75) is 32.6 Å². The molecule has 1 fully saturated rings. The van der Waals surface area contributed by atoms with Crippen LogP contribution >= 0.6 is 0 Å². The van der Waals surface area contributed by atoms with E-state index in [2.05, 4.69) is 10.2 Å². The van der Waals surface area contributed by atoms with Gasteiger partial charge >= 0.3 is 0 Å². The SMILES string of the molecule is CC(=O)N1CCCN(CCCCC(=O)Nc2ccc(-c3cccc(F)c3F)cc2)CC1.O=CO. The number of nitrogens with one attached hydrogen (secondary N) is 1. The number of carbonyl (C=O) groups excluding carboxylic acids is 2.